The average Bonchev–Trinajstić information content (AvgIpc) is 3.15. The Morgan fingerprint density at radius 3 is 2.33 bits per heavy atom. The van der Waals surface area contributed by atoms with Crippen molar-refractivity contribution in [3.05, 3.63) is 0 Å². The molecule has 0 saturated carbocycles. The molecule has 2 saturated heterocycles. The second kappa shape index (κ2) is 5.88. The van der Waals surface area contributed by atoms with Gasteiger partial charge in [0.25, 0.3) is 5.78 Å². The van der Waals surface area contributed by atoms with Crippen molar-refractivity contribution in [2.75, 3.05) is 0 Å². The van der Waals surface area contributed by atoms with E-state index in [0.29, 0.717) is 6.42 Å². The van der Waals surface area contributed by atoms with E-state index >= 15 is 0 Å². The molecule has 0 N–H and O–H groups in total. The van der Waals surface area contributed by atoms with Gasteiger partial charge >= 0.3 is 5.97 Å². The third-order valence-electron chi connectivity index (χ3n) is 3.12. The van der Waals surface area contributed by atoms with E-state index in [1.807, 2.05) is 0 Å². The number of rotatable bonds is 7. The Bertz CT molecular complexity index is 323. The summed E-state index contributed by atoms with van der Waals surface area (Å²) >= 11 is 0. The first kappa shape index (κ1) is 13.6. The minimum Gasteiger partial charge on any atom is -0.287 e. The minimum atomic E-state index is -1.88. The van der Waals surface area contributed by atoms with Crippen LogP contribution in [0, 0.1) is 0 Å². The van der Waals surface area contributed by atoms with Crippen LogP contribution in [0.25, 0.3) is 0 Å². The van der Waals surface area contributed by atoms with Crippen molar-refractivity contribution in [1.82, 2.24) is 0 Å². The predicted octanol–water partition coefficient (Wildman–Crippen LogP) is 1.82. The molecule has 2 aliphatic rings. The van der Waals surface area contributed by atoms with Gasteiger partial charge in [-0.25, -0.2) is 4.89 Å². The van der Waals surface area contributed by atoms with Gasteiger partial charge in [-0.05, 0) is 6.42 Å². The zero-order valence-electron chi connectivity index (χ0n) is 10.5. The van der Waals surface area contributed by atoms with Crippen LogP contribution in [-0.2, 0) is 29.1 Å². The van der Waals surface area contributed by atoms with Gasteiger partial charge in [-0.2, -0.15) is 14.7 Å². The molecular weight excluding hydrogens is 240 g/mol. The Balaban J connectivity index is 1.65. The van der Waals surface area contributed by atoms with Crippen LogP contribution in [-0.4, -0.2) is 23.6 Å². The molecule has 2 fully saturated rings. The maximum Gasteiger partial charge on any atom is 0.433 e. The molecule has 2 aliphatic heterocycles. The average molecular weight is 258 g/mol. The number of carbonyl (C=O) groups is 2. The molecule has 0 amide bonds. The van der Waals surface area contributed by atoms with E-state index < -0.39 is 23.6 Å². The Hall–Kier alpha value is -0.820. The van der Waals surface area contributed by atoms with Crippen molar-refractivity contribution in [3.63, 3.8) is 0 Å². The standard InChI is InChI=1S/C12H18O6/c1-2-3-4-5-6-7-8-9-10(13)11(14)12(16-15-9)17-18-12/h9H,2-8H2,1H3. The Labute approximate surface area is 105 Å². The van der Waals surface area contributed by atoms with Crippen molar-refractivity contribution >= 4 is 11.6 Å². The number of hydrogen-bond donors (Lipinski definition) is 0. The van der Waals surface area contributed by atoms with Crippen LogP contribution in [0.2, 0.25) is 0 Å². The Kier molecular flexibility index (Phi) is 4.45. The van der Waals surface area contributed by atoms with Gasteiger partial charge in [-0.1, -0.05) is 45.4 Å². The van der Waals surface area contributed by atoms with Crippen LogP contribution in [0.4, 0.5) is 0 Å². The van der Waals surface area contributed by atoms with Crippen molar-refractivity contribution in [2.45, 2.75) is 63.9 Å². The SMILES string of the molecule is CCCCCCCCC1OOC2(OO2)C(=O)C1=O. The first-order valence-corrected chi connectivity index (χ1v) is 6.49. The second-order valence-corrected chi connectivity index (χ2v) is 4.64. The zero-order chi connectivity index (χ0) is 13.0. The lowest BCUT2D eigenvalue weighted by Gasteiger charge is -2.20. The van der Waals surface area contributed by atoms with Crippen molar-refractivity contribution in [3.8, 4) is 0 Å². The van der Waals surface area contributed by atoms with Gasteiger partial charge in [0.15, 0.2) is 6.10 Å². The molecule has 0 bridgehead atoms. The lowest BCUT2D eigenvalue weighted by molar-refractivity contribution is -0.378. The van der Waals surface area contributed by atoms with Crippen molar-refractivity contribution in [2.24, 2.45) is 0 Å². The molecule has 2 rings (SSSR count). The van der Waals surface area contributed by atoms with Gasteiger partial charge in [0, 0.05) is 0 Å². The van der Waals surface area contributed by atoms with Crippen LogP contribution in [0.1, 0.15) is 51.9 Å². The van der Waals surface area contributed by atoms with E-state index in [1.54, 1.807) is 0 Å². The monoisotopic (exact) mass is 258 g/mol. The highest BCUT2D eigenvalue weighted by Gasteiger charge is 2.66. The smallest absolute Gasteiger partial charge is 0.287 e. The molecule has 6 heteroatoms. The Morgan fingerprint density at radius 1 is 1.00 bits per heavy atom. The molecule has 0 aromatic carbocycles. The van der Waals surface area contributed by atoms with E-state index in [-0.39, 0.29) is 0 Å². The van der Waals surface area contributed by atoms with Crippen LogP contribution in [0.3, 0.4) is 0 Å². The van der Waals surface area contributed by atoms with Crippen LogP contribution >= 0.6 is 0 Å². The molecule has 6 nitrogen and oxygen atoms in total. The summed E-state index contributed by atoms with van der Waals surface area (Å²) in [5.41, 5.74) is 0. The van der Waals surface area contributed by atoms with Gasteiger partial charge < -0.3 is 0 Å². The zero-order valence-corrected chi connectivity index (χ0v) is 10.5. The number of hydrogen-bond acceptors (Lipinski definition) is 6. The third-order valence-corrected chi connectivity index (χ3v) is 3.12. The van der Waals surface area contributed by atoms with Gasteiger partial charge in [-0.3, -0.25) is 9.59 Å². The number of carbonyl (C=O) groups excluding carboxylic acids is 2. The van der Waals surface area contributed by atoms with Crippen LogP contribution in [0.5, 0.6) is 0 Å². The molecule has 0 aromatic heterocycles. The molecule has 102 valence electrons. The number of unbranched alkanes of at least 4 members (excludes halogenated alkanes) is 5. The second-order valence-electron chi connectivity index (χ2n) is 4.64. The summed E-state index contributed by atoms with van der Waals surface area (Å²) < 4.78 is 0. The van der Waals surface area contributed by atoms with Crippen LogP contribution < -0.4 is 0 Å². The first-order chi connectivity index (χ1) is 8.69. The largest absolute Gasteiger partial charge is 0.433 e. The molecule has 1 unspecified atom stereocenters. The lowest BCUT2D eigenvalue weighted by atomic mass is 10.0. The summed E-state index contributed by atoms with van der Waals surface area (Å²) in [4.78, 5) is 41.3. The summed E-state index contributed by atoms with van der Waals surface area (Å²) in [7, 11) is 0. The van der Waals surface area contributed by atoms with Crippen molar-refractivity contribution in [1.29, 1.82) is 0 Å². The quantitative estimate of drug-likeness (QED) is 0.300. The molecule has 1 atom stereocenters. The van der Waals surface area contributed by atoms with Gasteiger partial charge in [0.1, 0.15) is 0 Å². The Morgan fingerprint density at radius 2 is 1.67 bits per heavy atom. The van der Waals surface area contributed by atoms with E-state index in [4.69, 9.17) is 4.89 Å². The fourth-order valence-corrected chi connectivity index (χ4v) is 1.93. The predicted molar refractivity (Wildman–Crippen MR) is 58.9 cm³/mol. The first-order valence-electron chi connectivity index (χ1n) is 6.49. The van der Waals surface area contributed by atoms with E-state index in [1.165, 1.54) is 19.3 Å². The summed E-state index contributed by atoms with van der Waals surface area (Å²) in [6, 6.07) is 0. The fourth-order valence-electron chi connectivity index (χ4n) is 1.93. The van der Waals surface area contributed by atoms with Gasteiger partial charge in [0.2, 0.25) is 5.78 Å². The third kappa shape index (κ3) is 2.95. The summed E-state index contributed by atoms with van der Waals surface area (Å²) in [6.07, 6.45) is 6.32. The normalized spacial score (nSPS) is 25.7. The van der Waals surface area contributed by atoms with Crippen molar-refractivity contribution < 1.29 is 29.1 Å². The summed E-state index contributed by atoms with van der Waals surface area (Å²) in [6.45, 7) is 2.16. The van der Waals surface area contributed by atoms with Gasteiger partial charge in [-0.15, -0.1) is 0 Å². The number of Topliss-reactive ketones (excluding diaryl/α,β-unsaturated/α-hetero) is 2. The minimum absolute atomic E-state index is 0.493. The molecule has 2 heterocycles. The van der Waals surface area contributed by atoms with Gasteiger partial charge in [0.05, 0.1) is 0 Å². The molecule has 0 aromatic rings. The highest BCUT2D eigenvalue weighted by atomic mass is 17.5. The fraction of sp³-hybridized carbons (Fsp3) is 0.833. The number of ketones is 2. The van der Waals surface area contributed by atoms with E-state index in [9.17, 15) is 9.59 Å². The molecular formula is C12H18O6. The molecule has 0 radical (unpaired) electrons. The van der Waals surface area contributed by atoms with Crippen LogP contribution in [0.15, 0.2) is 0 Å². The van der Waals surface area contributed by atoms with E-state index in [0.717, 1.165) is 19.3 Å². The molecule has 1 spiro atoms. The molecule has 0 aliphatic carbocycles. The summed E-state index contributed by atoms with van der Waals surface area (Å²) in [5.74, 6) is -3.33. The maximum atomic E-state index is 11.6. The highest BCUT2D eigenvalue weighted by Crippen LogP contribution is 2.37. The van der Waals surface area contributed by atoms with E-state index in [2.05, 4.69) is 21.6 Å². The maximum absolute atomic E-state index is 11.6. The topological polar surface area (TPSA) is 77.7 Å². The summed E-state index contributed by atoms with van der Waals surface area (Å²) in [5, 5.41) is 0. The lowest BCUT2D eigenvalue weighted by Crippen LogP contribution is -2.47. The highest BCUT2D eigenvalue weighted by molar-refractivity contribution is 6.41. The molecule has 18 heavy (non-hydrogen) atoms.